The van der Waals surface area contributed by atoms with Crippen molar-refractivity contribution in [2.24, 2.45) is 5.73 Å². The van der Waals surface area contributed by atoms with Gasteiger partial charge in [-0.1, -0.05) is 45.2 Å². The van der Waals surface area contributed by atoms with Gasteiger partial charge in [0.15, 0.2) is 0 Å². The minimum Gasteiger partial charge on any atom is -0.489 e. The Balaban J connectivity index is 2.16. The molecule has 2 nitrogen and oxygen atoms in total. The topological polar surface area (TPSA) is 35.2 Å². The lowest BCUT2D eigenvalue weighted by atomic mass is 9.94. The predicted molar refractivity (Wildman–Crippen MR) is 85.4 cm³/mol. The molecule has 112 valence electrons. The second-order valence-corrected chi connectivity index (χ2v) is 6.51. The van der Waals surface area contributed by atoms with Crippen molar-refractivity contribution >= 4 is 0 Å². The van der Waals surface area contributed by atoms with Crippen LogP contribution in [-0.2, 0) is 0 Å². The van der Waals surface area contributed by atoms with E-state index in [2.05, 4.69) is 39.0 Å². The van der Waals surface area contributed by atoms with Crippen LogP contribution in [0, 0.1) is 6.92 Å². The van der Waals surface area contributed by atoms with Gasteiger partial charge in [-0.05, 0) is 49.3 Å². The third kappa shape index (κ3) is 3.99. The molecule has 1 saturated carbocycles. The fourth-order valence-corrected chi connectivity index (χ4v) is 3.01. The lowest BCUT2D eigenvalue weighted by molar-refractivity contribution is 0.143. The molecule has 0 saturated heterocycles. The van der Waals surface area contributed by atoms with E-state index >= 15 is 0 Å². The van der Waals surface area contributed by atoms with Gasteiger partial charge in [-0.25, -0.2) is 0 Å². The summed E-state index contributed by atoms with van der Waals surface area (Å²) in [5, 5.41) is 0. The maximum Gasteiger partial charge on any atom is 0.123 e. The van der Waals surface area contributed by atoms with Gasteiger partial charge < -0.3 is 10.5 Å². The number of nitrogens with two attached hydrogens (primary N) is 1. The maximum atomic E-state index is 6.35. The summed E-state index contributed by atoms with van der Waals surface area (Å²) in [5.41, 5.74) is 8.89. The Morgan fingerprint density at radius 2 is 1.80 bits per heavy atom. The Kier molecular flexibility index (Phi) is 5.47. The van der Waals surface area contributed by atoms with Crippen LogP contribution in [0.25, 0.3) is 0 Å². The van der Waals surface area contributed by atoms with Gasteiger partial charge in [-0.3, -0.25) is 0 Å². The third-order valence-electron chi connectivity index (χ3n) is 4.32. The van der Waals surface area contributed by atoms with Crippen LogP contribution in [0.2, 0.25) is 0 Å². The van der Waals surface area contributed by atoms with E-state index in [1.807, 2.05) is 0 Å². The Morgan fingerprint density at radius 1 is 1.10 bits per heavy atom. The van der Waals surface area contributed by atoms with Crippen LogP contribution < -0.4 is 10.5 Å². The van der Waals surface area contributed by atoms with Gasteiger partial charge in [0.1, 0.15) is 11.9 Å². The molecule has 1 aromatic rings. The Morgan fingerprint density at radius 3 is 2.50 bits per heavy atom. The van der Waals surface area contributed by atoms with Crippen molar-refractivity contribution in [3.63, 3.8) is 0 Å². The number of rotatable bonds is 3. The first kappa shape index (κ1) is 15.4. The molecule has 0 bridgehead atoms. The van der Waals surface area contributed by atoms with Crippen molar-refractivity contribution in [2.45, 2.75) is 77.4 Å². The minimum absolute atomic E-state index is 0.176. The molecule has 2 unspecified atom stereocenters. The zero-order chi connectivity index (χ0) is 14.5. The minimum atomic E-state index is 0.176. The van der Waals surface area contributed by atoms with Crippen LogP contribution in [0.1, 0.15) is 69.4 Å². The normalized spacial score (nSPS) is 24.2. The van der Waals surface area contributed by atoms with Gasteiger partial charge in [0.05, 0.1) is 0 Å². The van der Waals surface area contributed by atoms with Gasteiger partial charge in [-0.15, -0.1) is 0 Å². The zero-order valence-corrected chi connectivity index (χ0v) is 13.2. The number of hydrogen-bond donors (Lipinski definition) is 1. The molecule has 0 aliphatic heterocycles. The van der Waals surface area contributed by atoms with E-state index in [4.69, 9.17) is 10.5 Å². The van der Waals surface area contributed by atoms with Crippen LogP contribution in [0.4, 0.5) is 0 Å². The summed E-state index contributed by atoms with van der Waals surface area (Å²) in [5.74, 6) is 1.52. The number of benzene rings is 1. The van der Waals surface area contributed by atoms with Crippen molar-refractivity contribution in [3.8, 4) is 5.75 Å². The van der Waals surface area contributed by atoms with Crippen molar-refractivity contribution in [3.05, 3.63) is 29.3 Å². The standard InChI is InChI=1S/C18H29NO/c1-13(2)15-11-10-14(3)12-18(15)20-17-9-7-5-4-6-8-16(17)19/h10-13,16-17H,4-9,19H2,1-3H3. The van der Waals surface area contributed by atoms with Crippen LogP contribution in [0.3, 0.4) is 0 Å². The molecule has 20 heavy (non-hydrogen) atoms. The first-order valence-electron chi connectivity index (χ1n) is 8.10. The van der Waals surface area contributed by atoms with Crippen molar-refractivity contribution < 1.29 is 4.74 Å². The number of aryl methyl sites for hydroxylation is 1. The lowest BCUT2D eigenvalue weighted by Gasteiger charge is -2.28. The molecule has 1 fully saturated rings. The van der Waals surface area contributed by atoms with Crippen molar-refractivity contribution in [1.29, 1.82) is 0 Å². The Labute approximate surface area is 123 Å². The second-order valence-electron chi connectivity index (χ2n) is 6.51. The molecule has 2 atom stereocenters. The molecular weight excluding hydrogens is 246 g/mol. The van der Waals surface area contributed by atoms with E-state index in [1.165, 1.54) is 36.8 Å². The van der Waals surface area contributed by atoms with E-state index < -0.39 is 0 Å². The summed E-state index contributed by atoms with van der Waals surface area (Å²) in [7, 11) is 0. The van der Waals surface area contributed by atoms with Crippen molar-refractivity contribution in [1.82, 2.24) is 0 Å². The van der Waals surface area contributed by atoms with E-state index in [1.54, 1.807) is 0 Å². The average molecular weight is 275 g/mol. The lowest BCUT2D eigenvalue weighted by Crippen LogP contribution is -2.39. The highest BCUT2D eigenvalue weighted by molar-refractivity contribution is 5.39. The first-order valence-corrected chi connectivity index (χ1v) is 8.10. The van der Waals surface area contributed by atoms with E-state index in [0.717, 1.165) is 18.6 Å². The molecule has 0 aromatic heterocycles. The fourth-order valence-electron chi connectivity index (χ4n) is 3.01. The molecular formula is C18H29NO. The second kappa shape index (κ2) is 7.12. The first-order chi connectivity index (χ1) is 9.58. The highest BCUT2D eigenvalue weighted by Gasteiger charge is 2.22. The summed E-state index contributed by atoms with van der Waals surface area (Å²) in [4.78, 5) is 0. The van der Waals surface area contributed by atoms with Crippen molar-refractivity contribution in [2.75, 3.05) is 0 Å². The average Bonchev–Trinajstić information content (AvgIpc) is 2.38. The highest BCUT2D eigenvalue weighted by Crippen LogP contribution is 2.30. The van der Waals surface area contributed by atoms with Crippen LogP contribution in [-0.4, -0.2) is 12.1 Å². The molecule has 2 N–H and O–H groups in total. The summed E-state index contributed by atoms with van der Waals surface area (Å²) in [6.45, 7) is 6.56. The van der Waals surface area contributed by atoms with Gasteiger partial charge in [0.2, 0.25) is 0 Å². The summed E-state index contributed by atoms with van der Waals surface area (Å²) < 4.78 is 6.35. The maximum absolute atomic E-state index is 6.35. The molecule has 0 spiro atoms. The van der Waals surface area contributed by atoms with Gasteiger partial charge in [0, 0.05) is 6.04 Å². The predicted octanol–water partition coefficient (Wildman–Crippen LogP) is 4.55. The Hall–Kier alpha value is -1.02. The van der Waals surface area contributed by atoms with Gasteiger partial charge >= 0.3 is 0 Å². The SMILES string of the molecule is Cc1ccc(C(C)C)c(OC2CCCCCCC2N)c1. The molecule has 2 heteroatoms. The number of ether oxygens (including phenoxy) is 1. The largest absolute Gasteiger partial charge is 0.489 e. The molecule has 0 radical (unpaired) electrons. The highest BCUT2D eigenvalue weighted by atomic mass is 16.5. The quantitative estimate of drug-likeness (QED) is 0.878. The van der Waals surface area contributed by atoms with Crippen LogP contribution >= 0.6 is 0 Å². The molecule has 0 amide bonds. The molecule has 1 aliphatic rings. The van der Waals surface area contributed by atoms with E-state index in [-0.39, 0.29) is 12.1 Å². The smallest absolute Gasteiger partial charge is 0.123 e. The summed E-state index contributed by atoms with van der Waals surface area (Å²) >= 11 is 0. The molecule has 0 heterocycles. The molecule has 1 aliphatic carbocycles. The monoisotopic (exact) mass is 275 g/mol. The molecule has 1 aromatic carbocycles. The summed E-state index contributed by atoms with van der Waals surface area (Å²) in [6.07, 6.45) is 7.47. The zero-order valence-electron chi connectivity index (χ0n) is 13.2. The van der Waals surface area contributed by atoms with Gasteiger partial charge in [0.25, 0.3) is 0 Å². The molecule has 2 rings (SSSR count). The fraction of sp³-hybridized carbons (Fsp3) is 0.667. The summed E-state index contributed by atoms with van der Waals surface area (Å²) in [6, 6.07) is 6.71. The Bertz CT molecular complexity index is 427. The van der Waals surface area contributed by atoms with Crippen LogP contribution in [0.15, 0.2) is 18.2 Å². The van der Waals surface area contributed by atoms with Crippen LogP contribution in [0.5, 0.6) is 5.75 Å². The number of hydrogen-bond acceptors (Lipinski definition) is 2. The van der Waals surface area contributed by atoms with E-state index in [9.17, 15) is 0 Å². The van der Waals surface area contributed by atoms with Gasteiger partial charge in [-0.2, -0.15) is 0 Å². The van der Waals surface area contributed by atoms with E-state index in [0.29, 0.717) is 5.92 Å². The third-order valence-corrected chi connectivity index (χ3v) is 4.32.